The number of carbonyl (C=O) groups excluding carboxylic acids is 2. The van der Waals surface area contributed by atoms with Crippen molar-refractivity contribution in [3.05, 3.63) is 58.6 Å². The summed E-state index contributed by atoms with van der Waals surface area (Å²) >= 11 is 4.62. The highest BCUT2D eigenvalue weighted by Crippen LogP contribution is 2.27. The maximum Gasteiger partial charge on any atom is 0.240 e. The van der Waals surface area contributed by atoms with Gasteiger partial charge in [-0.05, 0) is 43.3 Å². The lowest BCUT2D eigenvalue weighted by molar-refractivity contribution is -0.118. The normalized spacial score (nSPS) is 18.0. The van der Waals surface area contributed by atoms with Crippen molar-refractivity contribution < 1.29 is 14.3 Å². The Hall–Kier alpha value is -2.12. The van der Waals surface area contributed by atoms with Crippen LogP contribution in [0.15, 0.2) is 58.0 Å². The number of halogens is 1. The van der Waals surface area contributed by atoms with E-state index < -0.39 is 5.25 Å². The first-order valence-corrected chi connectivity index (χ1v) is 9.80. The van der Waals surface area contributed by atoms with E-state index in [2.05, 4.69) is 26.2 Å². The Kier molecular flexibility index (Phi) is 6.11. The first-order chi connectivity index (χ1) is 12.5. The highest BCUT2D eigenvalue weighted by molar-refractivity contribution is 9.10. The van der Waals surface area contributed by atoms with Crippen LogP contribution in [0.25, 0.3) is 0 Å². The Morgan fingerprint density at radius 2 is 1.88 bits per heavy atom. The molecule has 5 nitrogen and oxygen atoms in total. The average molecular weight is 433 g/mol. The van der Waals surface area contributed by atoms with Crippen LogP contribution in [-0.4, -0.2) is 28.7 Å². The topological polar surface area (TPSA) is 67.8 Å². The molecule has 1 fully saturated rings. The quantitative estimate of drug-likeness (QED) is 0.689. The Morgan fingerprint density at radius 1 is 1.19 bits per heavy atom. The molecule has 1 heterocycles. The van der Waals surface area contributed by atoms with Crippen molar-refractivity contribution in [2.75, 3.05) is 6.61 Å². The van der Waals surface area contributed by atoms with Crippen LogP contribution in [0.4, 0.5) is 5.69 Å². The van der Waals surface area contributed by atoms with E-state index in [4.69, 9.17) is 4.74 Å². The number of Topliss-reactive ketones (excluding diaryl/α,β-unsaturated/α-hetero) is 1. The molecule has 2 aromatic carbocycles. The smallest absolute Gasteiger partial charge is 0.240 e. The van der Waals surface area contributed by atoms with Crippen LogP contribution in [0.1, 0.15) is 23.7 Å². The van der Waals surface area contributed by atoms with Crippen LogP contribution in [0.2, 0.25) is 0 Å². The van der Waals surface area contributed by atoms with Gasteiger partial charge in [-0.15, -0.1) is 0 Å². The number of nitrogens with one attached hydrogen (secondary N) is 1. The monoisotopic (exact) mass is 432 g/mol. The third kappa shape index (κ3) is 4.74. The van der Waals surface area contributed by atoms with Gasteiger partial charge in [-0.2, -0.15) is 0 Å². The summed E-state index contributed by atoms with van der Waals surface area (Å²) in [6.45, 7) is 2.53. The van der Waals surface area contributed by atoms with Gasteiger partial charge in [0.1, 0.15) is 5.75 Å². The lowest BCUT2D eigenvalue weighted by Crippen LogP contribution is -2.26. The minimum atomic E-state index is -0.465. The fraction of sp³-hybridized carbons (Fsp3) is 0.211. The molecule has 1 aliphatic heterocycles. The second kappa shape index (κ2) is 8.51. The molecule has 1 N–H and O–H groups in total. The molecule has 0 radical (unpaired) electrons. The molecule has 7 heteroatoms. The summed E-state index contributed by atoms with van der Waals surface area (Å²) in [4.78, 5) is 28.9. The highest BCUT2D eigenvalue weighted by Gasteiger charge is 2.32. The van der Waals surface area contributed by atoms with Gasteiger partial charge in [0.2, 0.25) is 5.91 Å². The molecule has 0 spiro atoms. The van der Waals surface area contributed by atoms with E-state index in [1.54, 1.807) is 12.1 Å². The SMILES string of the molecule is CCOc1ccc(N=C2NC(=O)[C@@H](CC(=O)c3ccc(Br)cc3)S2)cc1. The molecular formula is C19H17BrN2O3S. The second-order valence-corrected chi connectivity index (χ2v) is 7.68. The van der Waals surface area contributed by atoms with Crippen LogP contribution in [0.5, 0.6) is 5.75 Å². The zero-order chi connectivity index (χ0) is 18.5. The molecule has 0 aliphatic carbocycles. The van der Waals surface area contributed by atoms with Gasteiger partial charge in [-0.1, -0.05) is 39.8 Å². The number of amidine groups is 1. The molecule has 0 unspecified atom stereocenters. The fourth-order valence-corrected chi connectivity index (χ4v) is 3.67. The van der Waals surface area contributed by atoms with Gasteiger partial charge in [0.25, 0.3) is 0 Å². The molecule has 134 valence electrons. The van der Waals surface area contributed by atoms with E-state index >= 15 is 0 Å². The number of amides is 1. The van der Waals surface area contributed by atoms with Gasteiger partial charge in [0.15, 0.2) is 11.0 Å². The van der Waals surface area contributed by atoms with Gasteiger partial charge >= 0.3 is 0 Å². The number of hydrogen-bond acceptors (Lipinski definition) is 5. The summed E-state index contributed by atoms with van der Waals surface area (Å²) in [5, 5.41) is 2.78. The van der Waals surface area contributed by atoms with Crippen molar-refractivity contribution in [3.63, 3.8) is 0 Å². The molecule has 1 saturated heterocycles. The van der Waals surface area contributed by atoms with E-state index in [9.17, 15) is 9.59 Å². The molecule has 1 atom stereocenters. The molecule has 26 heavy (non-hydrogen) atoms. The summed E-state index contributed by atoms with van der Waals surface area (Å²) in [6, 6.07) is 14.4. The molecule has 3 rings (SSSR count). The van der Waals surface area contributed by atoms with Crippen LogP contribution >= 0.6 is 27.7 Å². The average Bonchev–Trinajstić information content (AvgIpc) is 2.96. The van der Waals surface area contributed by atoms with E-state index in [1.165, 1.54) is 11.8 Å². The minimum Gasteiger partial charge on any atom is -0.494 e. The Labute approximate surface area is 164 Å². The third-order valence-electron chi connectivity index (χ3n) is 3.69. The lowest BCUT2D eigenvalue weighted by atomic mass is 10.1. The zero-order valence-electron chi connectivity index (χ0n) is 14.1. The van der Waals surface area contributed by atoms with E-state index in [0.717, 1.165) is 15.9 Å². The number of aliphatic imine (C=N–C) groups is 1. The van der Waals surface area contributed by atoms with Crippen molar-refractivity contribution in [1.29, 1.82) is 0 Å². The molecule has 1 aliphatic rings. The molecule has 0 bridgehead atoms. The van der Waals surface area contributed by atoms with Crippen LogP contribution in [0, 0.1) is 0 Å². The number of benzene rings is 2. The van der Waals surface area contributed by atoms with Crippen molar-refractivity contribution in [1.82, 2.24) is 5.32 Å². The van der Waals surface area contributed by atoms with Crippen LogP contribution in [-0.2, 0) is 4.79 Å². The molecule has 0 aromatic heterocycles. The van der Waals surface area contributed by atoms with Gasteiger partial charge in [0, 0.05) is 16.5 Å². The number of rotatable bonds is 6. The van der Waals surface area contributed by atoms with Crippen molar-refractivity contribution in [2.24, 2.45) is 4.99 Å². The maximum absolute atomic E-state index is 12.4. The van der Waals surface area contributed by atoms with E-state index in [0.29, 0.717) is 17.3 Å². The molecule has 0 saturated carbocycles. The van der Waals surface area contributed by atoms with E-state index in [1.807, 2.05) is 43.3 Å². The predicted molar refractivity (Wildman–Crippen MR) is 107 cm³/mol. The summed E-state index contributed by atoms with van der Waals surface area (Å²) in [5.74, 6) is 0.523. The maximum atomic E-state index is 12.4. The van der Waals surface area contributed by atoms with E-state index in [-0.39, 0.29) is 18.1 Å². The summed E-state index contributed by atoms with van der Waals surface area (Å²) in [7, 11) is 0. The number of ether oxygens (including phenoxy) is 1. The highest BCUT2D eigenvalue weighted by atomic mass is 79.9. The van der Waals surface area contributed by atoms with Crippen LogP contribution in [0.3, 0.4) is 0 Å². The largest absolute Gasteiger partial charge is 0.494 e. The Bertz CT molecular complexity index is 835. The Morgan fingerprint density at radius 3 is 2.54 bits per heavy atom. The molecular weight excluding hydrogens is 416 g/mol. The van der Waals surface area contributed by atoms with Crippen molar-refractivity contribution in [3.8, 4) is 5.75 Å². The molecule has 1 amide bonds. The van der Waals surface area contributed by atoms with Crippen molar-refractivity contribution in [2.45, 2.75) is 18.6 Å². The number of carbonyl (C=O) groups is 2. The number of ketones is 1. The lowest BCUT2D eigenvalue weighted by Gasteiger charge is -2.04. The number of nitrogens with zero attached hydrogens (tertiary/aromatic N) is 1. The minimum absolute atomic E-state index is 0.0625. The van der Waals surface area contributed by atoms with Gasteiger partial charge in [-0.3, -0.25) is 9.59 Å². The first kappa shape index (κ1) is 18.7. The summed E-state index contributed by atoms with van der Waals surface area (Å²) < 4.78 is 6.30. The summed E-state index contributed by atoms with van der Waals surface area (Å²) in [5.41, 5.74) is 1.31. The number of thioether (sulfide) groups is 1. The predicted octanol–water partition coefficient (Wildman–Crippen LogP) is 4.34. The molecule has 2 aromatic rings. The number of hydrogen-bond donors (Lipinski definition) is 1. The van der Waals surface area contributed by atoms with Gasteiger partial charge in [-0.25, -0.2) is 4.99 Å². The summed E-state index contributed by atoms with van der Waals surface area (Å²) in [6.07, 6.45) is 0.139. The standard InChI is InChI=1S/C19H17BrN2O3S/c1-2-25-15-9-7-14(8-10-15)21-19-22-18(24)17(26-19)11-16(23)12-3-5-13(20)6-4-12/h3-10,17H,2,11H2,1H3,(H,21,22,24)/t17-/m1/s1. The first-order valence-electron chi connectivity index (χ1n) is 8.13. The zero-order valence-corrected chi connectivity index (χ0v) is 16.5. The Balaban J connectivity index is 1.64. The fourth-order valence-electron chi connectivity index (χ4n) is 2.42. The van der Waals surface area contributed by atoms with Crippen molar-refractivity contribution >= 4 is 50.2 Å². The van der Waals surface area contributed by atoms with Gasteiger partial charge in [0.05, 0.1) is 17.5 Å². The third-order valence-corrected chi connectivity index (χ3v) is 5.30. The van der Waals surface area contributed by atoms with Crippen LogP contribution < -0.4 is 10.1 Å². The van der Waals surface area contributed by atoms with Gasteiger partial charge < -0.3 is 10.1 Å². The second-order valence-electron chi connectivity index (χ2n) is 5.57.